The summed E-state index contributed by atoms with van der Waals surface area (Å²) in [7, 11) is 0. The van der Waals surface area contributed by atoms with Crippen LogP contribution in [0.2, 0.25) is 0 Å². The Morgan fingerprint density at radius 2 is 2.04 bits per heavy atom. The van der Waals surface area contributed by atoms with Crippen molar-refractivity contribution in [2.45, 2.75) is 56.7 Å². The first kappa shape index (κ1) is 20.0. The number of carboxylic acids is 1. The zero-order chi connectivity index (χ0) is 19.1. The van der Waals surface area contributed by atoms with Gasteiger partial charge in [0, 0.05) is 13.1 Å². The molecule has 2 heterocycles. The fourth-order valence-electron chi connectivity index (χ4n) is 3.43. The minimum atomic E-state index is -1.01. The van der Waals surface area contributed by atoms with Gasteiger partial charge in [-0.15, -0.1) is 0 Å². The molecule has 0 radical (unpaired) electrons. The van der Waals surface area contributed by atoms with Crippen LogP contribution < -0.4 is 22.1 Å². The Balaban J connectivity index is 2.02. The number of carbonyl (C=O) groups excluding carboxylic acids is 2. The van der Waals surface area contributed by atoms with Gasteiger partial charge in [0.1, 0.15) is 12.1 Å². The van der Waals surface area contributed by atoms with Gasteiger partial charge in [-0.25, -0.2) is 4.79 Å². The number of rotatable bonds is 8. The molecular formula is C16H28N6O4. The van der Waals surface area contributed by atoms with Gasteiger partial charge in [0.05, 0.1) is 6.04 Å². The lowest BCUT2D eigenvalue weighted by Gasteiger charge is -2.28. The van der Waals surface area contributed by atoms with Crippen LogP contribution in [0.5, 0.6) is 0 Å². The van der Waals surface area contributed by atoms with Crippen LogP contribution in [0, 0.1) is 0 Å². The van der Waals surface area contributed by atoms with Gasteiger partial charge in [-0.05, 0) is 45.1 Å². The molecule has 146 valence electrons. The standard InChI is InChI=1S/C16H28N6O4/c17-16(18)20-8-2-5-11(21-13(23)10-4-1-7-19-10)14(24)22-9-3-6-12(22)15(25)26/h10-12,19H,1-9H2,(H,21,23)(H,25,26)(H4,17,18,20). The van der Waals surface area contributed by atoms with E-state index in [1.807, 2.05) is 0 Å². The van der Waals surface area contributed by atoms with E-state index in [9.17, 15) is 19.5 Å². The summed E-state index contributed by atoms with van der Waals surface area (Å²) in [6.07, 6.45) is 3.55. The molecular weight excluding hydrogens is 340 g/mol. The minimum absolute atomic E-state index is 0.0300. The summed E-state index contributed by atoms with van der Waals surface area (Å²) < 4.78 is 0. The quantitative estimate of drug-likeness (QED) is 0.195. The molecule has 2 aliphatic rings. The van der Waals surface area contributed by atoms with Gasteiger partial charge in [0.2, 0.25) is 11.8 Å². The molecule has 0 aromatic carbocycles. The van der Waals surface area contributed by atoms with Crippen LogP contribution >= 0.6 is 0 Å². The number of hydrogen-bond acceptors (Lipinski definition) is 5. The van der Waals surface area contributed by atoms with E-state index in [0.29, 0.717) is 38.8 Å². The first-order valence-electron chi connectivity index (χ1n) is 9.02. The van der Waals surface area contributed by atoms with Crippen molar-refractivity contribution in [3.8, 4) is 0 Å². The third kappa shape index (κ3) is 5.32. The summed E-state index contributed by atoms with van der Waals surface area (Å²) in [5, 5.41) is 15.2. The fraction of sp³-hybridized carbons (Fsp3) is 0.750. The predicted octanol–water partition coefficient (Wildman–Crippen LogP) is -1.65. The molecule has 3 unspecified atom stereocenters. The van der Waals surface area contributed by atoms with Gasteiger partial charge in [0.15, 0.2) is 5.96 Å². The van der Waals surface area contributed by atoms with Gasteiger partial charge in [-0.1, -0.05) is 0 Å². The number of nitrogens with one attached hydrogen (secondary N) is 2. The van der Waals surface area contributed by atoms with Crippen molar-refractivity contribution < 1.29 is 19.5 Å². The summed E-state index contributed by atoms with van der Waals surface area (Å²) in [6.45, 7) is 1.50. The molecule has 0 saturated carbocycles. The summed E-state index contributed by atoms with van der Waals surface area (Å²) in [5.74, 6) is -1.63. The Hall–Kier alpha value is -2.36. The van der Waals surface area contributed by atoms with Crippen molar-refractivity contribution in [1.29, 1.82) is 0 Å². The van der Waals surface area contributed by atoms with Crippen molar-refractivity contribution >= 4 is 23.7 Å². The first-order valence-corrected chi connectivity index (χ1v) is 9.02. The number of hydrogen-bond donors (Lipinski definition) is 5. The largest absolute Gasteiger partial charge is 0.480 e. The van der Waals surface area contributed by atoms with E-state index < -0.39 is 18.1 Å². The van der Waals surface area contributed by atoms with Crippen LogP contribution in [-0.4, -0.2) is 71.5 Å². The maximum Gasteiger partial charge on any atom is 0.326 e. The number of carbonyl (C=O) groups is 3. The molecule has 0 aromatic rings. The van der Waals surface area contributed by atoms with Gasteiger partial charge in [-0.2, -0.15) is 0 Å². The second-order valence-electron chi connectivity index (χ2n) is 6.69. The molecule has 7 N–H and O–H groups in total. The topological polar surface area (TPSA) is 163 Å². The van der Waals surface area contributed by atoms with Crippen molar-refractivity contribution in [1.82, 2.24) is 15.5 Å². The zero-order valence-electron chi connectivity index (χ0n) is 14.8. The lowest BCUT2D eigenvalue weighted by molar-refractivity contribution is -0.149. The van der Waals surface area contributed by atoms with Crippen LogP contribution in [0.3, 0.4) is 0 Å². The van der Waals surface area contributed by atoms with E-state index in [0.717, 1.165) is 19.4 Å². The molecule has 10 nitrogen and oxygen atoms in total. The van der Waals surface area contributed by atoms with Crippen molar-refractivity contribution in [3.63, 3.8) is 0 Å². The molecule has 2 saturated heterocycles. The van der Waals surface area contributed by atoms with Crippen LogP contribution in [0.1, 0.15) is 38.5 Å². The molecule has 3 atom stereocenters. The highest BCUT2D eigenvalue weighted by Crippen LogP contribution is 2.20. The lowest BCUT2D eigenvalue weighted by atomic mass is 10.1. The van der Waals surface area contributed by atoms with Crippen LogP contribution in [0.25, 0.3) is 0 Å². The minimum Gasteiger partial charge on any atom is -0.480 e. The molecule has 2 rings (SSSR count). The number of nitrogens with two attached hydrogens (primary N) is 2. The van der Waals surface area contributed by atoms with Crippen LogP contribution in [-0.2, 0) is 14.4 Å². The van der Waals surface area contributed by atoms with Crippen molar-refractivity contribution in [2.75, 3.05) is 19.6 Å². The molecule has 0 aromatic heterocycles. The molecule has 2 fully saturated rings. The molecule has 2 aliphatic heterocycles. The van der Waals surface area contributed by atoms with E-state index in [4.69, 9.17) is 11.5 Å². The molecule has 10 heteroatoms. The maximum absolute atomic E-state index is 12.9. The number of likely N-dealkylation sites (tertiary alicyclic amines) is 1. The van der Waals surface area contributed by atoms with Gasteiger partial charge >= 0.3 is 5.97 Å². The Labute approximate surface area is 152 Å². The number of carboxylic acid groups (broad SMARTS) is 1. The van der Waals surface area contributed by atoms with E-state index >= 15 is 0 Å². The summed E-state index contributed by atoms with van der Waals surface area (Å²) in [4.78, 5) is 41.9. The summed E-state index contributed by atoms with van der Waals surface area (Å²) in [5.41, 5.74) is 10.6. The SMILES string of the molecule is NC(N)=NCCCC(NC(=O)C1CCCN1)C(=O)N1CCCC1C(=O)O. The maximum atomic E-state index is 12.9. The average Bonchev–Trinajstić information content (AvgIpc) is 3.27. The van der Waals surface area contributed by atoms with Crippen LogP contribution in [0.4, 0.5) is 0 Å². The monoisotopic (exact) mass is 368 g/mol. The number of guanidine groups is 1. The Kier molecular flexibility index (Phi) is 7.19. The van der Waals surface area contributed by atoms with Gasteiger partial charge in [-0.3, -0.25) is 14.6 Å². The van der Waals surface area contributed by atoms with Crippen LogP contribution in [0.15, 0.2) is 4.99 Å². The fourth-order valence-corrected chi connectivity index (χ4v) is 3.43. The summed E-state index contributed by atoms with van der Waals surface area (Å²) in [6, 6.07) is -1.92. The normalized spacial score (nSPS) is 23.5. The smallest absolute Gasteiger partial charge is 0.326 e. The van der Waals surface area contributed by atoms with E-state index in [1.54, 1.807) is 0 Å². The second-order valence-corrected chi connectivity index (χ2v) is 6.69. The molecule has 26 heavy (non-hydrogen) atoms. The highest BCUT2D eigenvalue weighted by molar-refractivity contribution is 5.92. The third-order valence-corrected chi connectivity index (χ3v) is 4.76. The molecule has 0 bridgehead atoms. The number of nitrogens with zero attached hydrogens (tertiary/aromatic N) is 2. The molecule has 2 amide bonds. The van der Waals surface area contributed by atoms with Crippen molar-refractivity contribution in [3.05, 3.63) is 0 Å². The number of aliphatic imine (C=N–C) groups is 1. The lowest BCUT2D eigenvalue weighted by Crippen LogP contribution is -2.54. The van der Waals surface area contributed by atoms with Gasteiger partial charge < -0.3 is 32.1 Å². The van der Waals surface area contributed by atoms with Gasteiger partial charge in [0.25, 0.3) is 0 Å². The number of aliphatic carboxylic acids is 1. The highest BCUT2D eigenvalue weighted by Gasteiger charge is 2.38. The predicted molar refractivity (Wildman–Crippen MR) is 95.2 cm³/mol. The highest BCUT2D eigenvalue weighted by atomic mass is 16.4. The summed E-state index contributed by atoms with van der Waals surface area (Å²) >= 11 is 0. The Morgan fingerprint density at radius 1 is 1.27 bits per heavy atom. The second kappa shape index (κ2) is 9.37. The Morgan fingerprint density at radius 3 is 2.65 bits per heavy atom. The van der Waals surface area contributed by atoms with Crippen molar-refractivity contribution in [2.24, 2.45) is 16.5 Å². The Bertz CT molecular complexity index is 557. The van der Waals surface area contributed by atoms with E-state index in [-0.39, 0.29) is 23.8 Å². The van der Waals surface area contributed by atoms with E-state index in [2.05, 4.69) is 15.6 Å². The molecule has 0 spiro atoms. The molecule has 0 aliphatic carbocycles. The first-order chi connectivity index (χ1) is 12.4. The zero-order valence-corrected chi connectivity index (χ0v) is 14.8. The third-order valence-electron chi connectivity index (χ3n) is 4.76. The average molecular weight is 368 g/mol. The van der Waals surface area contributed by atoms with E-state index in [1.165, 1.54) is 4.90 Å². The number of amides is 2.